The molecule has 0 bridgehead atoms. The van der Waals surface area contributed by atoms with Crippen molar-refractivity contribution in [1.82, 2.24) is 4.72 Å². The second-order valence-electron chi connectivity index (χ2n) is 4.00. The molecule has 2 aromatic carbocycles. The van der Waals surface area contributed by atoms with Crippen LogP contribution in [0.15, 0.2) is 54.6 Å². The number of nitrogens with one attached hydrogen (secondary N) is 1. The first-order valence-electron chi connectivity index (χ1n) is 5.80. The second kappa shape index (κ2) is 6.20. The van der Waals surface area contributed by atoms with E-state index < -0.39 is 0 Å². The third-order valence-corrected chi connectivity index (χ3v) is 3.34. The highest BCUT2D eigenvalue weighted by Crippen LogP contribution is 2.12. The highest BCUT2D eigenvalue weighted by Gasteiger charge is 2.11. The number of carbonyl (C=O) groups is 2. The molecule has 3 nitrogen and oxygen atoms in total. The largest absolute Gasteiger partial charge is 0.289 e. The molecular formula is C15H13NO2S. The molecule has 0 saturated carbocycles. The van der Waals surface area contributed by atoms with Crippen LogP contribution in [-0.4, -0.2) is 11.0 Å². The molecule has 2 rings (SSSR count). The van der Waals surface area contributed by atoms with Crippen LogP contribution in [0.1, 0.15) is 26.3 Å². The molecule has 4 heteroatoms. The van der Waals surface area contributed by atoms with Gasteiger partial charge in [-0.15, -0.1) is 0 Å². The Morgan fingerprint density at radius 2 is 1.58 bits per heavy atom. The molecule has 1 amide bonds. The fraction of sp³-hybridized carbons (Fsp3) is 0.0667. The smallest absolute Gasteiger partial charge is 0.261 e. The minimum absolute atomic E-state index is 0.178. The summed E-state index contributed by atoms with van der Waals surface area (Å²) in [5.74, 6) is -0.257. The lowest BCUT2D eigenvalue weighted by molar-refractivity contribution is 0.0977. The van der Waals surface area contributed by atoms with Crippen molar-refractivity contribution < 1.29 is 9.59 Å². The summed E-state index contributed by atoms with van der Waals surface area (Å²) in [6.45, 7) is 1.86. The molecule has 0 aliphatic carbocycles. The summed E-state index contributed by atoms with van der Waals surface area (Å²) in [5.41, 5.74) is 2.03. The first-order valence-corrected chi connectivity index (χ1v) is 6.62. The minimum atomic E-state index is -0.257. The molecule has 96 valence electrons. The van der Waals surface area contributed by atoms with Gasteiger partial charge in [0.15, 0.2) is 0 Å². The van der Waals surface area contributed by atoms with Crippen molar-refractivity contribution in [3.05, 3.63) is 71.3 Å². The van der Waals surface area contributed by atoms with Crippen molar-refractivity contribution in [1.29, 1.82) is 0 Å². The van der Waals surface area contributed by atoms with E-state index in [-0.39, 0.29) is 11.0 Å². The maximum Gasteiger partial charge on any atom is 0.261 e. The summed E-state index contributed by atoms with van der Waals surface area (Å²) in [5, 5.41) is -0.178. The van der Waals surface area contributed by atoms with Crippen molar-refractivity contribution in [2.45, 2.75) is 6.92 Å². The monoisotopic (exact) mass is 271 g/mol. The fourth-order valence-electron chi connectivity index (χ4n) is 1.61. The second-order valence-corrected chi connectivity index (χ2v) is 4.78. The molecule has 0 saturated heterocycles. The van der Waals surface area contributed by atoms with Gasteiger partial charge in [0, 0.05) is 23.1 Å². The van der Waals surface area contributed by atoms with E-state index in [1.807, 2.05) is 25.1 Å². The highest BCUT2D eigenvalue weighted by atomic mass is 32.2. The van der Waals surface area contributed by atoms with Gasteiger partial charge in [0.05, 0.1) is 0 Å². The highest BCUT2D eigenvalue weighted by molar-refractivity contribution is 8.12. The number of amides is 1. The zero-order valence-corrected chi connectivity index (χ0v) is 11.2. The first kappa shape index (κ1) is 13.4. The summed E-state index contributed by atoms with van der Waals surface area (Å²) in [4.78, 5) is 23.7. The van der Waals surface area contributed by atoms with Crippen LogP contribution in [0, 0.1) is 6.92 Å². The maximum atomic E-state index is 11.9. The van der Waals surface area contributed by atoms with Gasteiger partial charge in [-0.1, -0.05) is 48.5 Å². The topological polar surface area (TPSA) is 46.2 Å². The summed E-state index contributed by atoms with van der Waals surface area (Å²) >= 11 is 0.803. The zero-order chi connectivity index (χ0) is 13.7. The van der Waals surface area contributed by atoms with Crippen LogP contribution in [0.2, 0.25) is 0 Å². The van der Waals surface area contributed by atoms with Crippen LogP contribution < -0.4 is 4.72 Å². The number of hydrogen-bond donors (Lipinski definition) is 1. The maximum absolute atomic E-state index is 11.9. The van der Waals surface area contributed by atoms with E-state index in [0.717, 1.165) is 17.5 Å². The van der Waals surface area contributed by atoms with E-state index in [1.54, 1.807) is 36.4 Å². The molecule has 0 aliphatic heterocycles. The third kappa shape index (κ3) is 3.45. The van der Waals surface area contributed by atoms with Gasteiger partial charge >= 0.3 is 0 Å². The summed E-state index contributed by atoms with van der Waals surface area (Å²) < 4.78 is 2.57. The van der Waals surface area contributed by atoms with E-state index in [1.165, 1.54) is 0 Å². The summed E-state index contributed by atoms with van der Waals surface area (Å²) in [6, 6.07) is 16.1. The van der Waals surface area contributed by atoms with Crippen LogP contribution in [0.4, 0.5) is 0 Å². The molecule has 0 radical (unpaired) electrons. The lowest BCUT2D eigenvalue weighted by Crippen LogP contribution is -2.19. The van der Waals surface area contributed by atoms with Crippen molar-refractivity contribution in [3.63, 3.8) is 0 Å². The van der Waals surface area contributed by atoms with E-state index in [9.17, 15) is 9.59 Å². The Kier molecular flexibility index (Phi) is 4.36. The van der Waals surface area contributed by atoms with Crippen LogP contribution >= 0.6 is 11.9 Å². The molecule has 2 aromatic rings. The Morgan fingerprint density at radius 1 is 0.947 bits per heavy atom. The fourth-order valence-corrected chi connectivity index (χ4v) is 2.16. The Morgan fingerprint density at radius 3 is 2.26 bits per heavy atom. The molecule has 0 aliphatic rings. The minimum Gasteiger partial charge on any atom is -0.289 e. The van der Waals surface area contributed by atoms with Gasteiger partial charge < -0.3 is 0 Å². The van der Waals surface area contributed by atoms with Gasteiger partial charge in [0.2, 0.25) is 5.12 Å². The number of aryl methyl sites for hydroxylation is 1. The summed E-state index contributed by atoms with van der Waals surface area (Å²) in [6.07, 6.45) is 0. The van der Waals surface area contributed by atoms with Crippen molar-refractivity contribution in [2.75, 3.05) is 0 Å². The predicted octanol–water partition coefficient (Wildman–Crippen LogP) is 3.21. The Labute approximate surface area is 116 Å². The van der Waals surface area contributed by atoms with Gasteiger partial charge in [-0.2, -0.15) is 0 Å². The van der Waals surface area contributed by atoms with Crippen LogP contribution in [0.5, 0.6) is 0 Å². The van der Waals surface area contributed by atoms with Gasteiger partial charge in [-0.3, -0.25) is 14.3 Å². The SMILES string of the molecule is Cc1ccccc1C(=O)NSC(=O)c1ccccc1. The molecule has 0 unspecified atom stereocenters. The molecule has 19 heavy (non-hydrogen) atoms. The van der Waals surface area contributed by atoms with E-state index in [4.69, 9.17) is 0 Å². The van der Waals surface area contributed by atoms with E-state index in [2.05, 4.69) is 4.72 Å². The first-order chi connectivity index (χ1) is 9.18. The molecule has 0 fully saturated rings. The molecule has 0 aromatic heterocycles. The predicted molar refractivity (Wildman–Crippen MR) is 77.0 cm³/mol. The van der Waals surface area contributed by atoms with Crippen molar-refractivity contribution >= 4 is 23.0 Å². The van der Waals surface area contributed by atoms with E-state index >= 15 is 0 Å². The quantitative estimate of drug-likeness (QED) is 0.853. The lowest BCUT2D eigenvalue weighted by Gasteiger charge is -2.05. The van der Waals surface area contributed by atoms with Crippen molar-refractivity contribution in [3.8, 4) is 0 Å². The van der Waals surface area contributed by atoms with Gasteiger partial charge in [-0.25, -0.2) is 0 Å². The normalized spacial score (nSPS) is 9.95. The average Bonchev–Trinajstić information content (AvgIpc) is 2.46. The molecule has 0 atom stereocenters. The molecule has 1 N–H and O–H groups in total. The average molecular weight is 271 g/mol. The van der Waals surface area contributed by atoms with Gasteiger partial charge in [0.1, 0.15) is 0 Å². The molecule has 0 spiro atoms. The molecular weight excluding hydrogens is 258 g/mol. The van der Waals surface area contributed by atoms with Gasteiger partial charge in [0.25, 0.3) is 5.91 Å². The third-order valence-electron chi connectivity index (χ3n) is 2.64. The Bertz CT molecular complexity index is 596. The van der Waals surface area contributed by atoms with Crippen molar-refractivity contribution in [2.24, 2.45) is 0 Å². The van der Waals surface area contributed by atoms with Crippen LogP contribution in [-0.2, 0) is 0 Å². The van der Waals surface area contributed by atoms with Crippen LogP contribution in [0.25, 0.3) is 0 Å². The summed E-state index contributed by atoms with van der Waals surface area (Å²) in [7, 11) is 0. The van der Waals surface area contributed by atoms with Gasteiger partial charge in [-0.05, 0) is 18.6 Å². The number of rotatable bonds is 2. The Balaban J connectivity index is 1.98. The zero-order valence-electron chi connectivity index (χ0n) is 10.4. The number of carbonyl (C=O) groups excluding carboxylic acids is 2. The van der Waals surface area contributed by atoms with Crippen LogP contribution in [0.3, 0.4) is 0 Å². The standard InChI is InChI=1S/C15H13NO2S/c1-11-7-5-6-10-13(11)14(17)16-19-15(18)12-8-3-2-4-9-12/h2-10H,1H3,(H,16,17). The number of benzene rings is 2. The lowest BCUT2D eigenvalue weighted by atomic mass is 10.1. The molecule has 0 heterocycles. The van der Waals surface area contributed by atoms with E-state index in [0.29, 0.717) is 11.1 Å². The number of hydrogen-bond acceptors (Lipinski definition) is 3. The Hall–Kier alpha value is -2.07.